The Labute approximate surface area is 171 Å². The van der Waals surface area contributed by atoms with E-state index in [2.05, 4.69) is 97.6 Å². The zero-order valence-electron chi connectivity index (χ0n) is 16.8. The Kier molecular flexibility index (Phi) is 8.07. The van der Waals surface area contributed by atoms with E-state index in [0.29, 0.717) is 0 Å². The highest BCUT2D eigenvalue weighted by Gasteiger charge is 2.44. The van der Waals surface area contributed by atoms with Crippen molar-refractivity contribution in [3.05, 3.63) is 104 Å². The molecule has 0 unspecified atom stereocenters. The summed E-state index contributed by atoms with van der Waals surface area (Å²) in [4.78, 5) is 0. The molecule has 3 aromatic carbocycles. The standard InChI is InChI=1S/C27H32P/c1-2-3-4-5-6-7-17-24-28(25-18-11-8-12-19-25,26-20-13-9-14-21-26)27-22-15-10-16-23-27/h2,8-16,18-23H,1,3-7,17,24H2/q+1. The Balaban J connectivity index is 1.92. The van der Waals surface area contributed by atoms with Gasteiger partial charge < -0.3 is 0 Å². The van der Waals surface area contributed by atoms with Crippen LogP contribution >= 0.6 is 7.26 Å². The molecule has 0 spiro atoms. The minimum Gasteiger partial charge on any atom is -0.103 e. The average molecular weight is 388 g/mol. The van der Waals surface area contributed by atoms with Crippen molar-refractivity contribution in [1.82, 2.24) is 0 Å². The molecule has 0 saturated heterocycles. The summed E-state index contributed by atoms with van der Waals surface area (Å²) in [6.45, 7) is 3.83. The first-order valence-electron chi connectivity index (χ1n) is 10.5. The first-order valence-corrected chi connectivity index (χ1v) is 12.5. The molecule has 3 rings (SSSR count). The maximum atomic E-state index is 3.83. The van der Waals surface area contributed by atoms with Crippen LogP contribution in [0.3, 0.4) is 0 Å². The lowest BCUT2D eigenvalue weighted by molar-refractivity contribution is 0.639. The van der Waals surface area contributed by atoms with Crippen LogP contribution in [0.15, 0.2) is 104 Å². The fourth-order valence-corrected chi connectivity index (χ4v) is 8.46. The third-order valence-electron chi connectivity index (χ3n) is 5.49. The Morgan fingerprint density at radius 2 is 0.929 bits per heavy atom. The van der Waals surface area contributed by atoms with Crippen LogP contribution in [0.2, 0.25) is 0 Å². The van der Waals surface area contributed by atoms with Gasteiger partial charge in [0.1, 0.15) is 23.2 Å². The molecule has 0 amide bonds. The second-order valence-corrected chi connectivity index (χ2v) is 11.0. The summed E-state index contributed by atoms with van der Waals surface area (Å²) >= 11 is 0. The van der Waals surface area contributed by atoms with E-state index < -0.39 is 7.26 Å². The molecular formula is C27H32P+. The molecule has 0 atom stereocenters. The third-order valence-corrected chi connectivity index (χ3v) is 10.0. The van der Waals surface area contributed by atoms with E-state index in [1.165, 1.54) is 54.2 Å². The van der Waals surface area contributed by atoms with Crippen molar-refractivity contribution < 1.29 is 0 Å². The topological polar surface area (TPSA) is 0 Å². The number of rotatable bonds is 11. The van der Waals surface area contributed by atoms with Crippen molar-refractivity contribution in [2.24, 2.45) is 0 Å². The fourth-order valence-electron chi connectivity index (χ4n) is 4.05. The predicted molar refractivity (Wildman–Crippen MR) is 128 cm³/mol. The van der Waals surface area contributed by atoms with Gasteiger partial charge in [0.15, 0.2) is 0 Å². The van der Waals surface area contributed by atoms with Crippen LogP contribution in [0, 0.1) is 0 Å². The predicted octanol–water partition coefficient (Wildman–Crippen LogP) is 6.51. The molecule has 28 heavy (non-hydrogen) atoms. The van der Waals surface area contributed by atoms with Gasteiger partial charge in [-0.15, -0.1) is 6.58 Å². The van der Waals surface area contributed by atoms with E-state index in [-0.39, 0.29) is 0 Å². The van der Waals surface area contributed by atoms with Crippen LogP contribution < -0.4 is 15.9 Å². The summed E-state index contributed by atoms with van der Waals surface area (Å²) in [6.07, 6.45) is 10.9. The summed E-state index contributed by atoms with van der Waals surface area (Å²) in [5.41, 5.74) is 0. The van der Waals surface area contributed by atoms with Crippen LogP contribution in [-0.4, -0.2) is 6.16 Å². The number of unbranched alkanes of at least 4 members (excludes halogenated alkanes) is 5. The quantitative estimate of drug-likeness (QED) is 0.200. The first kappa shape index (κ1) is 20.6. The Hall–Kier alpha value is -2.17. The molecule has 0 saturated carbocycles. The van der Waals surface area contributed by atoms with Crippen molar-refractivity contribution in [3.8, 4) is 0 Å². The van der Waals surface area contributed by atoms with Gasteiger partial charge in [0.2, 0.25) is 0 Å². The molecule has 0 aliphatic carbocycles. The van der Waals surface area contributed by atoms with E-state index in [4.69, 9.17) is 0 Å². The molecule has 1 heteroatoms. The molecule has 0 bridgehead atoms. The highest BCUT2D eigenvalue weighted by molar-refractivity contribution is 7.95. The van der Waals surface area contributed by atoms with Crippen molar-refractivity contribution >= 4 is 23.2 Å². The van der Waals surface area contributed by atoms with Gasteiger partial charge >= 0.3 is 0 Å². The Morgan fingerprint density at radius 1 is 0.536 bits per heavy atom. The minimum absolute atomic E-state index is 1.15. The maximum Gasteiger partial charge on any atom is 0.112 e. The van der Waals surface area contributed by atoms with E-state index in [9.17, 15) is 0 Å². The molecule has 0 nitrogen and oxygen atoms in total. The van der Waals surface area contributed by atoms with Crippen LogP contribution in [0.5, 0.6) is 0 Å². The van der Waals surface area contributed by atoms with Crippen LogP contribution in [0.1, 0.15) is 38.5 Å². The summed E-state index contributed by atoms with van der Waals surface area (Å²) < 4.78 is 0. The Morgan fingerprint density at radius 3 is 1.36 bits per heavy atom. The highest BCUT2D eigenvalue weighted by Crippen LogP contribution is 2.55. The molecule has 0 aliphatic heterocycles. The largest absolute Gasteiger partial charge is 0.112 e. The molecule has 0 N–H and O–H groups in total. The van der Waals surface area contributed by atoms with Crippen LogP contribution in [-0.2, 0) is 0 Å². The van der Waals surface area contributed by atoms with E-state index >= 15 is 0 Å². The van der Waals surface area contributed by atoms with E-state index in [0.717, 1.165) is 6.42 Å². The van der Waals surface area contributed by atoms with Gasteiger partial charge in [0.25, 0.3) is 0 Å². The minimum atomic E-state index is -1.63. The maximum absolute atomic E-state index is 3.83. The number of hydrogen-bond donors (Lipinski definition) is 0. The van der Waals surface area contributed by atoms with Crippen molar-refractivity contribution in [3.63, 3.8) is 0 Å². The van der Waals surface area contributed by atoms with Crippen LogP contribution in [0.25, 0.3) is 0 Å². The van der Waals surface area contributed by atoms with Gasteiger partial charge in [-0.3, -0.25) is 0 Å². The molecule has 3 aromatic rings. The van der Waals surface area contributed by atoms with Gasteiger partial charge in [0.05, 0.1) is 6.16 Å². The zero-order chi connectivity index (χ0) is 19.5. The molecule has 0 aromatic heterocycles. The van der Waals surface area contributed by atoms with Crippen molar-refractivity contribution in [1.29, 1.82) is 0 Å². The van der Waals surface area contributed by atoms with Crippen molar-refractivity contribution in [2.45, 2.75) is 38.5 Å². The zero-order valence-corrected chi connectivity index (χ0v) is 17.7. The van der Waals surface area contributed by atoms with Gasteiger partial charge in [-0.2, -0.15) is 0 Å². The van der Waals surface area contributed by atoms with Crippen LogP contribution in [0.4, 0.5) is 0 Å². The molecule has 144 valence electrons. The highest BCUT2D eigenvalue weighted by atomic mass is 31.2. The second kappa shape index (κ2) is 11.0. The third kappa shape index (κ3) is 5.00. The lowest BCUT2D eigenvalue weighted by atomic mass is 10.1. The fraction of sp³-hybridized carbons (Fsp3) is 0.259. The molecule has 0 fully saturated rings. The Bertz CT molecular complexity index is 712. The second-order valence-electron chi connectivity index (χ2n) is 7.39. The first-order chi connectivity index (χ1) is 13.9. The monoisotopic (exact) mass is 387 g/mol. The smallest absolute Gasteiger partial charge is 0.103 e. The van der Waals surface area contributed by atoms with Gasteiger partial charge in [-0.1, -0.05) is 73.5 Å². The molecular weight excluding hydrogens is 355 g/mol. The molecule has 0 aliphatic rings. The van der Waals surface area contributed by atoms with Gasteiger partial charge in [-0.25, -0.2) is 0 Å². The normalized spacial score (nSPS) is 11.3. The van der Waals surface area contributed by atoms with Gasteiger partial charge in [0, 0.05) is 0 Å². The summed E-state index contributed by atoms with van der Waals surface area (Å²) in [6, 6.07) is 33.7. The number of allylic oxidation sites excluding steroid dienone is 1. The summed E-state index contributed by atoms with van der Waals surface area (Å²) in [5, 5.41) is 4.50. The van der Waals surface area contributed by atoms with E-state index in [1.54, 1.807) is 0 Å². The SMILES string of the molecule is C=CCCCCCCC[P+](c1ccccc1)(c1ccccc1)c1ccccc1. The van der Waals surface area contributed by atoms with Gasteiger partial charge in [-0.05, 0) is 62.1 Å². The average Bonchev–Trinajstić information content (AvgIpc) is 2.78. The number of benzene rings is 3. The molecule has 0 radical (unpaired) electrons. The van der Waals surface area contributed by atoms with E-state index in [1.807, 2.05) is 6.08 Å². The number of hydrogen-bond acceptors (Lipinski definition) is 0. The lowest BCUT2D eigenvalue weighted by Crippen LogP contribution is -2.33. The van der Waals surface area contributed by atoms with Crippen molar-refractivity contribution in [2.75, 3.05) is 6.16 Å². The molecule has 0 heterocycles. The summed E-state index contributed by atoms with van der Waals surface area (Å²) in [7, 11) is -1.63. The summed E-state index contributed by atoms with van der Waals surface area (Å²) in [5.74, 6) is 0. The lowest BCUT2D eigenvalue weighted by Gasteiger charge is -2.27.